The third kappa shape index (κ3) is 6.22. The second kappa shape index (κ2) is 8.58. The summed E-state index contributed by atoms with van der Waals surface area (Å²) in [6.07, 6.45) is 2.43. The van der Waals surface area contributed by atoms with Crippen LogP contribution in [0.3, 0.4) is 0 Å². The molecule has 0 aliphatic carbocycles. The van der Waals surface area contributed by atoms with E-state index in [2.05, 4.69) is 22.2 Å². The molecule has 120 valence electrons. The molecule has 1 aromatic carbocycles. The highest BCUT2D eigenvalue weighted by Crippen LogP contribution is 2.17. The van der Waals surface area contributed by atoms with Crippen molar-refractivity contribution in [3.05, 3.63) is 66.5 Å². The maximum atomic E-state index is 11.9. The molecule has 0 unspecified atom stereocenters. The van der Waals surface area contributed by atoms with Crippen molar-refractivity contribution < 1.29 is 9.53 Å². The van der Waals surface area contributed by atoms with Crippen molar-refractivity contribution >= 4 is 11.7 Å². The van der Waals surface area contributed by atoms with Gasteiger partial charge in [-0.1, -0.05) is 18.7 Å². The van der Waals surface area contributed by atoms with Crippen LogP contribution in [0.4, 0.5) is 10.5 Å². The van der Waals surface area contributed by atoms with Gasteiger partial charge in [0.25, 0.3) is 0 Å². The second-order valence-electron chi connectivity index (χ2n) is 5.23. The number of urea groups is 1. The zero-order valence-corrected chi connectivity index (χ0v) is 13.2. The highest BCUT2D eigenvalue weighted by atomic mass is 16.5. The number of benzene rings is 1. The maximum Gasteiger partial charge on any atom is 0.319 e. The van der Waals surface area contributed by atoms with Crippen LogP contribution in [0, 0.1) is 0 Å². The second-order valence-corrected chi connectivity index (χ2v) is 5.23. The summed E-state index contributed by atoms with van der Waals surface area (Å²) in [5.41, 5.74) is 2.57. The van der Waals surface area contributed by atoms with Crippen LogP contribution in [0.5, 0.6) is 5.75 Å². The Balaban J connectivity index is 1.78. The molecule has 2 N–H and O–H groups in total. The van der Waals surface area contributed by atoms with E-state index < -0.39 is 0 Å². The van der Waals surface area contributed by atoms with Gasteiger partial charge in [0.15, 0.2) is 0 Å². The van der Waals surface area contributed by atoms with Crippen LogP contribution in [0.15, 0.2) is 60.8 Å². The van der Waals surface area contributed by atoms with Crippen molar-refractivity contribution in [1.82, 2.24) is 10.3 Å². The fourth-order valence-corrected chi connectivity index (χ4v) is 1.90. The van der Waals surface area contributed by atoms with E-state index in [1.807, 2.05) is 43.3 Å². The van der Waals surface area contributed by atoms with Crippen molar-refractivity contribution in [2.75, 3.05) is 18.5 Å². The maximum absolute atomic E-state index is 11.9. The van der Waals surface area contributed by atoms with Gasteiger partial charge in [0.2, 0.25) is 0 Å². The minimum absolute atomic E-state index is 0.252. The predicted molar refractivity (Wildman–Crippen MR) is 91.7 cm³/mol. The summed E-state index contributed by atoms with van der Waals surface area (Å²) < 4.78 is 5.55. The van der Waals surface area contributed by atoms with Crippen LogP contribution in [0.2, 0.25) is 0 Å². The third-order valence-corrected chi connectivity index (χ3v) is 2.97. The molecule has 2 rings (SSSR count). The minimum atomic E-state index is -0.252. The number of pyridine rings is 1. The Morgan fingerprint density at radius 2 is 2.13 bits per heavy atom. The normalized spacial score (nSPS) is 9.96. The molecule has 2 amide bonds. The quantitative estimate of drug-likeness (QED) is 0.770. The van der Waals surface area contributed by atoms with Gasteiger partial charge < -0.3 is 15.4 Å². The highest BCUT2D eigenvalue weighted by Gasteiger charge is 2.03. The van der Waals surface area contributed by atoms with Crippen LogP contribution in [-0.4, -0.2) is 24.2 Å². The molecule has 0 spiro atoms. The van der Waals surface area contributed by atoms with E-state index in [-0.39, 0.29) is 6.03 Å². The number of hydrogen-bond donors (Lipinski definition) is 2. The van der Waals surface area contributed by atoms with Gasteiger partial charge in [-0.05, 0) is 36.8 Å². The largest absolute Gasteiger partial charge is 0.489 e. The van der Waals surface area contributed by atoms with Crippen molar-refractivity contribution in [2.24, 2.45) is 0 Å². The lowest BCUT2D eigenvalue weighted by Gasteiger charge is -2.10. The van der Waals surface area contributed by atoms with Crippen molar-refractivity contribution in [2.45, 2.75) is 13.3 Å². The fraction of sp³-hybridized carbons (Fsp3) is 0.222. The molecule has 0 bridgehead atoms. The first-order chi connectivity index (χ1) is 11.1. The van der Waals surface area contributed by atoms with Crippen LogP contribution >= 0.6 is 0 Å². The Morgan fingerprint density at radius 3 is 2.87 bits per heavy atom. The summed E-state index contributed by atoms with van der Waals surface area (Å²) in [6, 6.07) is 12.7. The summed E-state index contributed by atoms with van der Waals surface area (Å²) in [7, 11) is 0. The van der Waals surface area contributed by atoms with E-state index >= 15 is 0 Å². The predicted octanol–water partition coefficient (Wildman–Crippen LogP) is 3.40. The molecule has 1 heterocycles. The molecule has 0 aliphatic heterocycles. The van der Waals surface area contributed by atoms with E-state index in [9.17, 15) is 4.79 Å². The number of carbonyl (C=O) groups is 1. The molecule has 0 radical (unpaired) electrons. The molecule has 0 aliphatic rings. The minimum Gasteiger partial charge on any atom is -0.489 e. The summed E-state index contributed by atoms with van der Waals surface area (Å²) >= 11 is 0. The average Bonchev–Trinajstić information content (AvgIpc) is 2.54. The molecule has 23 heavy (non-hydrogen) atoms. The summed E-state index contributed by atoms with van der Waals surface area (Å²) in [5, 5.41) is 5.59. The van der Waals surface area contributed by atoms with Crippen LogP contribution in [-0.2, 0) is 6.42 Å². The van der Waals surface area contributed by atoms with Gasteiger partial charge in [-0.3, -0.25) is 4.98 Å². The van der Waals surface area contributed by atoms with Gasteiger partial charge in [-0.15, -0.1) is 0 Å². The highest BCUT2D eigenvalue weighted by molar-refractivity contribution is 5.89. The van der Waals surface area contributed by atoms with E-state index in [0.717, 1.165) is 11.3 Å². The number of nitrogens with one attached hydrogen (secondary N) is 2. The summed E-state index contributed by atoms with van der Waals surface area (Å²) in [4.78, 5) is 16.1. The summed E-state index contributed by atoms with van der Waals surface area (Å²) in [5.74, 6) is 0.694. The van der Waals surface area contributed by atoms with Crippen LogP contribution in [0.1, 0.15) is 12.6 Å². The molecule has 0 fully saturated rings. The summed E-state index contributed by atoms with van der Waals surface area (Å²) in [6.45, 7) is 6.67. The van der Waals surface area contributed by atoms with E-state index in [1.54, 1.807) is 12.3 Å². The number of amides is 2. The monoisotopic (exact) mass is 311 g/mol. The smallest absolute Gasteiger partial charge is 0.319 e. The van der Waals surface area contributed by atoms with Gasteiger partial charge in [-0.2, -0.15) is 0 Å². The van der Waals surface area contributed by atoms with E-state index in [4.69, 9.17) is 4.74 Å². The number of hydrogen-bond acceptors (Lipinski definition) is 3. The van der Waals surface area contributed by atoms with Gasteiger partial charge in [0.1, 0.15) is 12.4 Å². The molecule has 2 aromatic rings. The van der Waals surface area contributed by atoms with Gasteiger partial charge in [0.05, 0.1) is 0 Å². The molecule has 0 atom stereocenters. The average molecular weight is 311 g/mol. The number of ether oxygens (including phenoxy) is 1. The SMILES string of the molecule is C=C(C)COc1cccc(NC(=O)NCCc2ccccn2)c1. The molecule has 5 nitrogen and oxygen atoms in total. The Labute approximate surface area is 136 Å². The first-order valence-electron chi connectivity index (χ1n) is 7.45. The third-order valence-electron chi connectivity index (χ3n) is 2.97. The van der Waals surface area contributed by atoms with Crippen molar-refractivity contribution in [3.63, 3.8) is 0 Å². The van der Waals surface area contributed by atoms with E-state index in [1.165, 1.54) is 0 Å². The standard InChI is InChI=1S/C18H21N3O2/c1-14(2)13-23-17-8-5-7-16(12-17)21-18(22)20-11-9-15-6-3-4-10-19-15/h3-8,10,12H,1,9,11,13H2,2H3,(H2,20,21,22). The molecule has 0 saturated carbocycles. The zero-order chi connectivity index (χ0) is 16.5. The number of aromatic nitrogens is 1. The lowest BCUT2D eigenvalue weighted by molar-refractivity contribution is 0.252. The Bertz CT molecular complexity index is 656. The molecule has 1 aromatic heterocycles. The molecular formula is C18H21N3O2. The topological polar surface area (TPSA) is 63.2 Å². The molecular weight excluding hydrogens is 290 g/mol. The first kappa shape index (κ1) is 16.5. The fourth-order valence-electron chi connectivity index (χ4n) is 1.90. The molecule has 5 heteroatoms. The van der Waals surface area contributed by atoms with Crippen molar-refractivity contribution in [1.29, 1.82) is 0 Å². The van der Waals surface area contributed by atoms with Crippen LogP contribution < -0.4 is 15.4 Å². The Kier molecular flexibility index (Phi) is 6.17. The number of nitrogens with zero attached hydrogens (tertiary/aromatic N) is 1. The van der Waals surface area contributed by atoms with Crippen LogP contribution in [0.25, 0.3) is 0 Å². The number of rotatable bonds is 7. The zero-order valence-electron chi connectivity index (χ0n) is 13.2. The van der Waals surface area contributed by atoms with Crippen molar-refractivity contribution in [3.8, 4) is 5.75 Å². The van der Waals surface area contributed by atoms with Gasteiger partial charge >= 0.3 is 6.03 Å². The van der Waals surface area contributed by atoms with Gasteiger partial charge in [0, 0.05) is 36.6 Å². The lowest BCUT2D eigenvalue weighted by Crippen LogP contribution is -2.30. The molecule has 0 saturated heterocycles. The van der Waals surface area contributed by atoms with E-state index in [0.29, 0.717) is 31.0 Å². The number of carbonyl (C=O) groups excluding carboxylic acids is 1. The Morgan fingerprint density at radius 1 is 1.26 bits per heavy atom. The van der Waals surface area contributed by atoms with Gasteiger partial charge in [-0.25, -0.2) is 4.79 Å². The first-order valence-corrected chi connectivity index (χ1v) is 7.45. The number of anilines is 1. The Hall–Kier alpha value is -2.82. The lowest BCUT2D eigenvalue weighted by atomic mass is 10.3.